The van der Waals surface area contributed by atoms with Crippen molar-refractivity contribution in [1.82, 2.24) is 19.9 Å². The van der Waals surface area contributed by atoms with Crippen molar-refractivity contribution < 1.29 is 19.2 Å². The van der Waals surface area contributed by atoms with Crippen LogP contribution in [0.25, 0.3) is 78.2 Å². The molecule has 2 aromatic heterocycles. The van der Waals surface area contributed by atoms with Gasteiger partial charge in [0.05, 0.1) is 67.6 Å². The van der Waals surface area contributed by atoms with Gasteiger partial charge in [-0.15, -0.1) is 0 Å². The normalized spacial score (nSPS) is 10.7. The molecule has 82 heavy (non-hydrogen) atoms. The van der Waals surface area contributed by atoms with Gasteiger partial charge in [-0.3, -0.25) is 19.2 Å². The molecule has 12 heteroatoms. The molecule has 0 bridgehead atoms. The maximum atomic E-state index is 12.3. The molecule has 0 spiro atoms. The second-order valence-corrected chi connectivity index (χ2v) is 19.4. The smallest absolute Gasteiger partial charge is 0.233 e. The van der Waals surface area contributed by atoms with E-state index in [1.165, 1.54) is 35.4 Å². The summed E-state index contributed by atoms with van der Waals surface area (Å²) in [6.45, 7) is 4.16. The Morgan fingerprint density at radius 3 is 0.841 bits per heavy atom. The van der Waals surface area contributed by atoms with E-state index in [4.69, 9.17) is 42.9 Å². The summed E-state index contributed by atoms with van der Waals surface area (Å²) in [7, 11) is 0. The number of ketones is 4. The fourth-order valence-corrected chi connectivity index (χ4v) is 9.10. The summed E-state index contributed by atoms with van der Waals surface area (Å²) in [6, 6.07) is 74.4. The first-order valence-corrected chi connectivity index (χ1v) is 26.2. The first kappa shape index (κ1) is 54.1. The zero-order valence-electron chi connectivity index (χ0n) is 44.8. The first-order valence-electron chi connectivity index (χ1n) is 26.2. The van der Waals surface area contributed by atoms with E-state index in [-0.39, 0.29) is 11.1 Å². The summed E-state index contributed by atoms with van der Waals surface area (Å²) in [4.78, 5) is 69.3. The van der Waals surface area contributed by atoms with Gasteiger partial charge in [-0.25, -0.2) is 19.9 Å². The SMILES string of the molecule is Cc1ccc2nc(-c3ccc(-c4nc5ccc(C)cc5nc4-c4ccccc4)cc3)c(-c3ccccc3)nc2c1.Nc1ccc(-c2ccc(N)c(N)c2)cc1N.O=C(C(=O)c1ccc(C(=O)C(=O)c2ccccc2)cc1)c1ccccc1. The summed E-state index contributed by atoms with van der Waals surface area (Å²) in [5.74, 6) is -2.57. The lowest BCUT2D eigenvalue weighted by Gasteiger charge is -2.13. The Hall–Kier alpha value is -11.2. The standard InChI is InChI=1S/C36H26N4.C22H14O4.C12H14N4/c1-23-13-19-29-31(21-23)39-33(25-9-5-3-6-10-25)35(37-29)27-15-17-28(18-16-27)36-34(26-11-7-4-8-12-26)40-32-22-24(2)14-20-30(32)38-36;23-19(15-7-3-1-4-8-15)21(25)17-11-13-18(14-12-17)22(26)20(24)16-9-5-2-6-10-16;13-9-3-1-7(5-11(9)15)8-2-4-10(14)12(16)6-8/h3-22H,1-2H3;1-14H;1-6H,13-16H2. The van der Waals surface area contributed by atoms with E-state index in [9.17, 15) is 19.2 Å². The van der Waals surface area contributed by atoms with Gasteiger partial charge in [0.25, 0.3) is 0 Å². The number of nitrogens with two attached hydrogens (primary N) is 4. The number of anilines is 4. The molecule has 0 aliphatic rings. The Bertz CT molecular complexity index is 4050. The Morgan fingerprint density at radius 1 is 0.256 bits per heavy atom. The predicted molar refractivity (Wildman–Crippen MR) is 330 cm³/mol. The molecule has 0 aliphatic carbocycles. The number of Topliss-reactive ketones (excluding diaryl/α,β-unsaturated/α-hetero) is 4. The molecule has 12 rings (SSSR count). The molecular formula is C70H54N8O4. The second kappa shape index (κ2) is 24.2. The fourth-order valence-electron chi connectivity index (χ4n) is 9.10. The van der Waals surface area contributed by atoms with Gasteiger partial charge >= 0.3 is 0 Å². The van der Waals surface area contributed by atoms with Crippen LogP contribution < -0.4 is 22.9 Å². The van der Waals surface area contributed by atoms with Gasteiger partial charge in [-0.2, -0.15) is 0 Å². The third-order valence-corrected chi connectivity index (χ3v) is 13.6. The number of benzene rings is 10. The third kappa shape index (κ3) is 12.2. The Balaban J connectivity index is 0.000000153. The van der Waals surface area contributed by atoms with Crippen molar-refractivity contribution in [2.75, 3.05) is 22.9 Å². The van der Waals surface area contributed by atoms with Gasteiger partial charge in [0.15, 0.2) is 0 Å². The molecule has 0 saturated carbocycles. The molecule has 0 fully saturated rings. The Morgan fingerprint density at radius 2 is 0.524 bits per heavy atom. The maximum absolute atomic E-state index is 12.3. The molecule has 0 amide bonds. The minimum atomic E-state index is -0.662. The largest absolute Gasteiger partial charge is 0.397 e. The lowest BCUT2D eigenvalue weighted by molar-refractivity contribution is 0.0814. The molecule has 12 aromatic rings. The van der Waals surface area contributed by atoms with Crippen LogP contribution in [-0.4, -0.2) is 43.1 Å². The van der Waals surface area contributed by atoms with Crippen molar-refractivity contribution in [3.8, 4) is 56.2 Å². The number of carbonyl (C=O) groups excluding carboxylic acids is 4. The van der Waals surface area contributed by atoms with Crippen LogP contribution in [0.4, 0.5) is 22.7 Å². The highest BCUT2D eigenvalue weighted by Crippen LogP contribution is 2.36. The maximum Gasteiger partial charge on any atom is 0.233 e. The van der Waals surface area contributed by atoms with Gasteiger partial charge in [0, 0.05) is 44.5 Å². The average molecular weight is 1070 g/mol. The highest BCUT2D eigenvalue weighted by molar-refractivity contribution is 6.50. The van der Waals surface area contributed by atoms with Crippen LogP contribution >= 0.6 is 0 Å². The zero-order chi connectivity index (χ0) is 57.3. The summed E-state index contributed by atoms with van der Waals surface area (Å²) in [6.07, 6.45) is 0. The molecule has 0 aliphatic heterocycles. The molecule has 0 radical (unpaired) electrons. The fraction of sp³-hybridized carbons (Fsp3) is 0.0286. The molecule has 398 valence electrons. The number of fused-ring (bicyclic) bond motifs is 2. The highest BCUT2D eigenvalue weighted by atomic mass is 16.2. The minimum Gasteiger partial charge on any atom is -0.397 e. The van der Waals surface area contributed by atoms with Gasteiger partial charge in [-0.05, 0) is 84.6 Å². The van der Waals surface area contributed by atoms with E-state index in [1.807, 2.05) is 72.8 Å². The third-order valence-electron chi connectivity index (χ3n) is 13.6. The number of carbonyl (C=O) groups is 4. The van der Waals surface area contributed by atoms with Crippen LogP contribution in [0.15, 0.2) is 243 Å². The molecule has 12 nitrogen and oxygen atoms in total. The van der Waals surface area contributed by atoms with Crippen LogP contribution in [0.3, 0.4) is 0 Å². The zero-order valence-corrected chi connectivity index (χ0v) is 44.8. The van der Waals surface area contributed by atoms with E-state index >= 15 is 0 Å². The molecule has 2 heterocycles. The molecular weight excluding hydrogens is 1020 g/mol. The number of nitrogen functional groups attached to an aromatic ring is 4. The van der Waals surface area contributed by atoms with Crippen molar-refractivity contribution in [1.29, 1.82) is 0 Å². The van der Waals surface area contributed by atoms with E-state index in [1.54, 1.807) is 72.8 Å². The van der Waals surface area contributed by atoms with Gasteiger partial charge in [-0.1, -0.05) is 194 Å². The summed E-state index contributed by atoms with van der Waals surface area (Å²) in [5.41, 5.74) is 41.4. The number of nitrogens with zero attached hydrogens (tertiary/aromatic N) is 4. The predicted octanol–water partition coefficient (Wildman–Crippen LogP) is 14.4. The average Bonchev–Trinajstić information content (AvgIpc) is 3.66. The molecule has 8 N–H and O–H groups in total. The van der Waals surface area contributed by atoms with E-state index in [0.717, 1.165) is 78.2 Å². The Labute approximate surface area is 473 Å². The van der Waals surface area contributed by atoms with Crippen LogP contribution in [0.5, 0.6) is 0 Å². The number of aromatic nitrogens is 4. The van der Waals surface area contributed by atoms with Gasteiger partial charge < -0.3 is 22.9 Å². The van der Waals surface area contributed by atoms with Crippen molar-refractivity contribution in [2.45, 2.75) is 13.8 Å². The quantitative estimate of drug-likeness (QED) is 0.0539. The van der Waals surface area contributed by atoms with Gasteiger partial charge in [0.2, 0.25) is 23.1 Å². The first-order chi connectivity index (χ1) is 39.8. The van der Waals surface area contributed by atoms with Crippen molar-refractivity contribution >= 4 is 67.9 Å². The van der Waals surface area contributed by atoms with Crippen LogP contribution in [0.2, 0.25) is 0 Å². The molecule has 0 saturated heterocycles. The minimum absolute atomic E-state index is 0.169. The van der Waals surface area contributed by atoms with Crippen molar-refractivity contribution in [3.63, 3.8) is 0 Å². The van der Waals surface area contributed by atoms with Crippen LogP contribution in [0, 0.1) is 13.8 Å². The van der Waals surface area contributed by atoms with Gasteiger partial charge in [0.1, 0.15) is 0 Å². The highest BCUT2D eigenvalue weighted by Gasteiger charge is 2.22. The van der Waals surface area contributed by atoms with Crippen LogP contribution in [-0.2, 0) is 0 Å². The molecule has 10 aromatic carbocycles. The van der Waals surface area contributed by atoms with E-state index in [2.05, 4.69) is 86.6 Å². The monoisotopic (exact) mass is 1070 g/mol. The molecule has 0 unspecified atom stereocenters. The number of hydrogen-bond acceptors (Lipinski definition) is 12. The number of aryl methyl sites for hydroxylation is 2. The lowest BCUT2D eigenvalue weighted by Crippen LogP contribution is -2.16. The second-order valence-electron chi connectivity index (χ2n) is 19.4. The number of rotatable bonds is 11. The Kier molecular flexibility index (Phi) is 16.0. The summed E-state index contributed by atoms with van der Waals surface area (Å²) >= 11 is 0. The van der Waals surface area contributed by atoms with E-state index in [0.29, 0.717) is 33.9 Å². The van der Waals surface area contributed by atoms with Crippen LogP contribution in [0.1, 0.15) is 52.6 Å². The van der Waals surface area contributed by atoms with Crippen molar-refractivity contribution in [3.05, 3.63) is 276 Å². The molecule has 0 atom stereocenters. The number of hydrogen-bond donors (Lipinski definition) is 4. The summed E-state index contributed by atoms with van der Waals surface area (Å²) < 4.78 is 0. The van der Waals surface area contributed by atoms with E-state index < -0.39 is 23.1 Å². The lowest BCUT2D eigenvalue weighted by atomic mass is 9.97. The summed E-state index contributed by atoms with van der Waals surface area (Å²) in [5, 5.41) is 0. The van der Waals surface area contributed by atoms with Crippen molar-refractivity contribution in [2.24, 2.45) is 0 Å². The topological polar surface area (TPSA) is 224 Å².